The van der Waals surface area contributed by atoms with Gasteiger partial charge in [0.1, 0.15) is 23.5 Å². The summed E-state index contributed by atoms with van der Waals surface area (Å²) in [5, 5.41) is 3.03. The number of halogens is 3. The molecular weight excluding hydrogens is 374 g/mol. The second-order valence-electron chi connectivity index (χ2n) is 6.02. The molecule has 2 aromatic carbocycles. The molecule has 3 aromatic rings. The molecule has 0 saturated carbocycles. The van der Waals surface area contributed by atoms with E-state index in [-0.39, 0.29) is 5.69 Å². The average Bonchev–Trinajstić information content (AvgIpc) is 3.05. The number of nitrogens with one attached hydrogen (secondary N) is 1. The van der Waals surface area contributed by atoms with Crippen LogP contribution in [0.15, 0.2) is 54.9 Å². The second kappa shape index (κ2) is 7.75. The van der Waals surface area contributed by atoms with Gasteiger partial charge in [-0.3, -0.25) is 0 Å². The minimum atomic E-state index is -0.850. The van der Waals surface area contributed by atoms with Crippen LogP contribution < -0.4 is 5.32 Å². The van der Waals surface area contributed by atoms with Gasteiger partial charge in [-0.05, 0) is 29.8 Å². The lowest BCUT2D eigenvalue weighted by atomic mass is 10.1. The first kappa shape index (κ1) is 18.8. The van der Waals surface area contributed by atoms with Gasteiger partial charge >= 0.3 is 6.03 Å². The summed E-state index contributed by atoms with van der Waals surface area (Å²) in [4.78, 5) is 18.5. The van der Waals surface area contributed by atoms with Crippen molar-refractivity contribution in [2.45, 2.75) is 6.04 Å². The number of hydrogen-bond acceptors (Lipinski definition) is 2. The summed E-state index contributed by atoms with van der Waals surface area (Å²) < 4.78 is 28.7. The van der Waals surface area contributed by atoms with Crippen molar-refractivity contribution < 1.29 is 13.6 Å². The predicted octanol–water partition coefficient (Wildman–Crippen LogP) is 4.61. The van der Waals surface area contributed by atoms with Crippen LogP contribution in [0.1, 0.15) is 17.4 Å². The average molecular weight is 391 g/mol. The first-order valence-corrected chi connectivity index (χ1v) is 8.46. The van der Waals surface area contributed by atoms with Crippen LogP contribution in [0.4, 0.5) is 19.3 Å². The molecule has 0 aliphatic carbocycles. The first-order chi connectivity index (χ1) is 12.9. The highest BCUT2D eigenvalue weighted by Crippen LogP contribution is 2.28. The van der Waals surface area contributed by atoms with Crippen LogP contribution in [0.2, 0.25) is 5.02 Å². The molecule has 0 saturated heterocycles. The zero-order chi connectivity index (χ0) is 19.6. The fourth-order valence-corrected chi connectivity index (χ4v) is 2.87. The van der Waals surface area contributed by atoms with Gasteiger partial charge in [0.05, 0.1) is 5.69 Å². The highest BCUT2D eigenvalue weighted by atomic mass is 35.5. The number of amides is 2. The summed E-state index contributed by atoms with van der Waals surface area (Å²) in [6.07, 6.45) is 3.40. The highest BCUT2D eigenvalue weighted by Gasteiger charge is 2.27. The van der Waals surface area contributed by atoms with Crippen molar-refractivity contribution in [2.24, 2.45) is 7.05 Å². The molecule has 3 rings (SSSR count). The Morgan fingerprint density at radius 2 is 1.93 bits per heavy atom. The molecule has 1 aromatic heterocycles. The Balaban J connectivity index is 1.92. The number of carbonyl (C=O) groups excluding carboxylic acids is 1. The maximum Gasteiger partial charge on any atom is 0.322 e. The molecule has 27 heavy (non-hydrogen) atoms. The monoisotopic (exact) mass is 390 g/mol. The molecule has 0 radical (unpaired) electrons. The Hall–Kier alpha value is -2.93. The first-order valence-electron chi connectivity index (χ1n) is 8.08. The molecule has 0 bridgehead atoms. The summed E-state index contributed by atoms with van der Waals surface area (Å²) in [5.74, 6) is -0.947. The zero-order valence-electron chi connectivity index (χ0n) is 14.7. The van der Waals surface area contributed by atoms with Gasteiger partial charge in [0.15, 0.2) is 0 Å². The Kier molecular flexibility index (Phi) is 5.41. The van der Waals surface area contributed by atoms with Crippen molar-refractivity contribution in [3.63, 3.8) is 0 Å². The van der Waals surface area contributed by atoms with Gasteiger partial charge in [-0.2, -0.15) is 0 Å². The van der Waals surface area contributed by atoms with Gasteiger partial charge in [0, 0.05) is 37.6 Å². The van der Waals surface area contributed by atoms with Crippen molar-refractivity contribution in [3.8, 4) is 0 Å². The minimum absolute atomic E-state index is 0.108. The predicted molar refractivity (Wildman–Crippen MR) is 99.6 cm³/mol. The van der Waals surface area contributed by atoms with Crippen LogP contribution in [-0.2, 0) is 7.05 Å². The van der Waals surface area contributed by atoms with Crippen LogP contribution in [0, 0.1) is 11.6 Å². The van der Waals surface area contributed by atoms with Crippen LogP contribution in [0.5, 0.6) is 0 Å². The number of rotatable bonds is 4. The quantitative estimate of drug-likeness (QED) is 0.707. The Morgan fingerprint density at radius 3 is 2.52 bits per heavy atom. The molecule has 5 nitrogen and oxygen atoms in total. The van der Waals surface area contributed by atoms with E-state index < -0.39 is 23.7 Å². The Labute approximate surface area is 160 Å². The third-order valence-electron chi connectivity index (χ3n) is 4.17. The third-order valence-corrected chi connectivity index (χ3v) is 4.42. The summed E-state index contributed by atoms with van der Waals surface area (Å²) in [7, 11) is 3.39. The van der Waals surface area contributed by atoms with E-state index in [4.69, 9.17) is 11.6 Å². The fraction of sp³-hybridized carbons (Fsp3) is 0.158. The minimum Gasteiger partial charge on any atom is -0.336 e. The molecule has 0 spiro atoms. The van der Waals surface area contributed by atoms with Gasteiger partial charge in [-0.1, -0.05) is 23.7 Å². The molecule has 140 valence electrons. The van der Waals surface area contributed by atoms with E-state index >= 15 is 0 Å². The molecule has 0 unspecified atom stereocenters. The van der Waals surface area contributed by atoms with Crippen molar-refractivity contribution >= 4 is 23.3 Å². The summed E-state index contributed by atoms with van der Waals surface area (Å²) in [6, 6.07) is 8.90. The molecule has 0 aliphatic rings. The van der Waals surface area contributed by atoms with Crippen molar-refractivity contribution in [3.05, 3.63) is 82.9 Å². The maximum atomic E-state index is 13.9. The summed E-state index contributed by atoms with van der Waals surface area (Å²) in [6.45, 7) is 0. The van der Waals surface area contributed by atoms with Crippen molar-refractivity contribution in [1.82, 2.24) is 14.5 Å². The summed E-state index contributed by atoms with van der Waals surface area (Å²) >= 11 is 5.97. The van der Waals surface area contributed by atoms with E-state index in [1.165, 1.54) is 11.0 Å². The largest absolute Gasteiger partial charge is 0.336 e. The lowest BCUT2D eigenvalue weighted by Crippen LogP contribution is -2.36. The van der Waals surface area contributed by atoms with E-state index in [9.17, 15) is 13.6 Å². The number of nitrogens with zero attached hydrogens (tertiary/aromatic N) is 3. The molecule has 0 aliphatic heterocycles. The van der Waals surface area contributed by atoms with E-state index in [1.54, 1.807) is 48.3 Å². The normalized spacial score (nSPS) is 11.9. The van der Waals surface area contributed by atoms with E-state index in [0.717, 1.165) is 11.6 Å². The van der Waals surface area contributed by atoms with Gasteiger partial charge in [0.25, 0.3) is 0 Å². The van der Waals surface area contributed by atoms with Crippen LogP contribution in [0.3, 0.4) is 0 Å². The number of benzene rings is 2. The number of aryl methyl sites for hydroxylation is 1. The maximum absolute atomic E-state index is 13.9. The lowest BCUT2D eigenvalue weighted by Gasteiger charge is -2.28. The van der Waals surface area contributed by atoms with E-state index in [1.807, 2.05) is 7.05 Å². The molecule has 1 N–H and O–H groups in total. The third kappa shape index (κ3) is 4.09. The Morgan fingerprint density at radius 1 is 1.22 bits per heavy atom. The number of hydrogen-bond donors (Lipinski definition) is 1. The molecule has 1 heterocycles. The fourth-order valence-electron chi connectivity index (χ4n) is 2.74. The molecule has 8 heteroatoms. The zero-order valence-corrected chi connectivity index (χ0v) is 15.4. The van der Waals surface area contributed by atoms with Crippen LogP contribution >= 0.6 is 11.6 Å². The number of imidazole rings is 1. The van der Waals surface area contributed by atoms with Gasteiger partial charge in [-0.15, -0.1) is 0 Å². The number of aromatic nitrogens is 2. The SMILES string of the molecule is CN(C(=O)Nc1ccc(F)cc1F)[C@@H](c1ccc(Cl)cc1)c1nccn1C. The number of anilines is 1. The number of carbonyl (C=O) groups is 1. The van der Waals surface area contributed by atoms with Crippen LogP contribution in [0.25, 0.3) is 0 Å². The topological polar surface area (TPSA) is 50.2 Å². The molecule has 0 fully saturated rings. The second-order valence-corrected chi connectivity index (χ2v) is 6.45. The summed E-state index contributed by atoms with van der Waals surface area (Å²) in [5.41, 5.74) is 0.675. The molecule has 2 amide bonds. The van der Waals surface area contributed by atoms with Crippen LogP contribution in [-0.4, -0.2) is 27.5 Å². The van der Waals surface area contributed by atoms with Crippen molar-refractivity contribution in [1.29, 1.82) is 0 Å². The van der Waals surface area contributed by atoms with Gasteiger partial charge in [-0.25, -0.2) is 18.6 Å². The highest BCUT2D eigenvalue weighted by molar-refractivity contribution is 6.30. The van der Waals surface area contributed by atoms with E-state index in [2.05, 4.69) is 10.3 Å². The molecule has 1 atom stereocenters. The van der Waals surface area contributed by atoms with Crippen molar-refractivity contribution in [2.75, 3.05) is 12.4 Å². The molecular formula is C19H17ClF2N4O. The van der Waals surface area contributed by atoms with E-state index in [0.29, 0.717) is 16.9 Å². The smallest absolute Gasteiger partial charge is 0.322 e. The Bertz CT molecular complexity index is 959. The van der Waals surface area contributed by atoms with Gasteiger partial charge in [0.2, 0.25) is 0 Å². The lowest BCUT2D eigenvalue weighted by molar-refractivity contribution is 0.209. The number of urea groups is 1. The standard InChI is InChI=1S/C19H17ClF2N4O/c1-25-10-9-23-18(25)17(12-3-5-13(20)6-4-12)26(2)19(27)24-16-8-7-14(21)11-15(16)22/h3-11,17H,1-2H3,(H,24,27)/t17-/m0/s1. The van der Waals surface area contributed by atoms with Gasteiger partial charge < -0.3 is 14.8 Å².